The minimum absolute atomic E-state index is 0. The summed E-state index contributed by atoms with van der Waals surface area (Å²) in [7, 11) is 0. The number of fused-ring (bicyclic) bond motifs is 1. The fraction of sp³-hybridized carbons (Fsp3) is 0.429. The highest BCUT2D eigenvalue weighted by molar-refractivity contribution is 5.85. The Labute approximate surface area is 81.2 Å². The second-order valence-electron chi connectivity index (χ2n) is 2.73. The van der Waals surface area contributed by atoms with Crippen LogP contribution in [-0.2, 0) is 6.42 Å². The largest absolute Gasteiger partial charge is 0.476 e. The van der Waals surface area contributed by atoms with Crippen molar-refractivity contribution in [1.82, 2.24) is 9.66 Å². The molecule has 0 saturated carbocycles. The molecule has 2 N–H and O–H groups in total. The average Bonchev–Trinajstić information content (AvgIpc) is 2.46. The third-order valence-corrected chi connectivity index (χ3v) is 1.86. The van der Waals surface area contributed by atoms with E-state index >= 15 is 0 Å². The maximum Gasteiger partial charge on any atom is 0.356 e. The van der Waals surface area contributed by atoms with Gasteiger partial charge in [0, 0.05) is 13.0 Å². The standard InChI is InChI=1S/C7H9N3O2.ClH/c11-7(12)5-4-10-6(9-5)2-1-3-8-10;/h4,8H,1-3H2,(H,11,12);1H. The summed E-state index contributed by atoms with van der Waals surface area (Å²) in [6, 6.07) is 0. The number of hydrogen-bond acceptors (Lipinski definition) is 3. The predicted octanol–water partition coefficient (Wildman–Crippen LogP) is 0.493. The Bertz CT molecular complexity index is 300. The van der Waals surface area contributed by atoms with E-state index in [9.17, 15) is 4.79 Å². The van der Waals surface area contributed by atoms with E-state index in [0.717, 1.165) is 25.2 Å². The molecular weight excluding hydrogens is 194 g/mol. The number of nitrogens with zero attached hydrogens (tertiary/aromatic N) is 2. The van der Waals surface area contributed by atoms with E-state index in [1.54, 1.807) is 4.68 Å². The van der Waals surface area contributed by atoms with E-state index in [-0.39, 0.29) is 18.1 Å². The average molecular weight is 204 g/mol. The van der Waals surface area contributed by atoms with Gasteiger partial charge in [-0.05, 0) is 6.42 Å². The lowest BCUT2D eigenvalue weighted by Gasteiger charge is -2.14. The summed E-state index contributed by atoms with van der Waals surface area (Å²) in [5.41, 5.74) is 3.14. The molecule has 0 amide bonds. The van der Waals surface area contributed by atoms with Crippen LogP contribution in [-0.4, -0.2) is 27.3 Å². The van der Waals surface area contributed by atoms with E-state index in [0.29, 0.717) is 0 Å². The van der Waals surface area contributed by atoms with Gasteiger partial charge >= 0.3 is 5.97 Å². The Morgan fingerprint density at radius 1 is 1.69 bits per heavy atom. The van der Waals surface area contributed by atoms with Crippen molar-refractivity contribution in [1.29, 1.82) is 0 Å². The number of rotatable bonds is 1. The summed E-state index contributed by atoms with van der Waals surface area (Å²) in [4.78, 5) is 14.5. The zero-order chi connectivity index (χ0) is 8.55. The molecule has 6 heteroatoms. The summed E-state index contributed by atoms with van der Waals surface area (Å²) in [5.74, 6) is -0.169. The highest BCUT2D eigenvalue weighted by Crippen LogP contribution is 2.07. The molecule has 72 valence electrons. The Balaban J connectivity index is 0.000000845. The van der Waals surface area contributed by atoms with Crippen molar-refractivity contribution < 1.29 is 9.90 Å². The van der Waals surface area contributed by atoms with Crippen LogP contribution in [0.1, 0.15) is 22.7 Å². The second kappa shape index (κ2) is 3.66. The van der Waals surface area contributed by atoms with Crippen molar-refractivity contribution in [2.45, 2.75) is 12.8 Å². The number of hydrogen-bond donors (Lipinski definition) is 2. The van der Waals surface area contributed by atoms with Gasteiger partial charge in [-0.1, -0.05) is 0 Å². The van der Waals surface area contributed by atoms with E-state index < -0.39 is 5.97 Å². The van der Waals surface area contributed by atoms with Gasteiger partial charge in [0.25, 0.3) is 0 Å². The number of carboxylic acid groups (broad SMARTS) is 1. The van der Waals surface area contributed by atoms with Crippen LogP contribution in [0.5, 0.6) is 0 Å². The molecule has 1 aliphatic rings. The molecule has 2 heterocycles. The highest BCUT2D eigenvalue weighted by Gasteiger charge is 2.14. The van der Waals surface area contributed by atoms with Gasteiger partial charge in [-0.2, -0.15) is 0 Å². The van der Waals surface area contributed by atoms with Crippen LogP contribution in [0.15, 0.2) is 6.20 Å². The fourth-order valence-electron chi connectivity index (χ4n) is 1.28. The van der Waals surface area contributed by atoms with Crippen LogP contribution in [0, 0.1) is 0 Å². The lowest BCUT2D eigenvalue weighted by Crippen LogP contribution is -2.23. The van der Waals surface area contributed by atoms with Gasteiger partial charge in [0.05, 0.1) is 6.20 Å². The Morgan fingerprint density at radius 2 is 2.46 bits per heavy atom. The summed E-state index contributed by atoms with van der Waals surface area (Å²) < 4.78 is 1.69. The smallest absolute Gasteiger partial charge is 0.356 e. The monoisotopic (exact) mass is 203 g/mol. The molecule has 0 aromatic carbocycles. The molecule has 2 rings (SSSR count). The molecule has 0 spiro atoms. The van der Waals surface area contributed by atoms with Crippen LogP contribution < -0.4 is 5.43 Å². The molecule has 1 aromatic heterocycles. The Hall–Kier alpha value is -1.23. The third-order valence-electron chi connectivity index (χ3n) is 1.86. The van der Waals surface area contributed by atoms with Crippen molar-refractivity contribution in [3.8, 4) is 0 Å². The van der Waals surface area contributed by atoms with Gasteiger partial charge in [0.1, 0.15) is 5.82 Å². The van der Waals surface area contributed by atoms with Crippen LogP contribution in [0.3, 0.4) is 0 Å². The van der Waals surface area contributed by atoms with Crippen molar-refractivity contribution in [2.24, 2.45) is 0 Å². The van der Waals surface area contributed by atoms with E-state index in [1.165, 1.54) is 6.20 Å². The van der Waals surface area contributed by atoms with E-state index in [1.807, 2.05) is 0 Å². The molecule has 5 nitrogen and oxygen atoms in total. The highest BCUT2D eigenvalue weighted by atomic mass is 35.5. The van der Waals surface area contributed by atoms with Gasteiger partial charge in [0.15, 0.2) is 5.69 Å². The molecule has 13 heavy (non-hydrogen) atoms. The topological polar surface area (TPSA) is 67.1 Å². The molecule has 1 aliphatic heterocycles. The van der Waals surface area contributed by atoms with Gasteiger partial charge in [-0.15, -0.1) is 12.4 Å². The Kier molecular flexibility index (Phi) is 2.77. The third kappa shape index (κ3) is 1.75. The second-order valence-corrected chi connectivity index (χ2v) is 2.73. The molecule has 0 bridgehead atoms. The molecular formula is C7H10ClN3O2. The fourth-order valence-corrected chi connectivity index (χ4v) is 1.28. The van der Waals surface area contributed by atoms with Crippen molar-refractivity contribution in [3.63, 3.8) is 0 Å². The molecule has 0 radical (unpaired) electrons. The predicted molar refractivity (Wildman–Crippen MR) is 49.0 cm³/mol. The van der Waals surface area contributed by atoms with Gasteiger partial charge in [-0.25, -0.2) is 9.78 Å². The van der Waals surface area contributed by atoms with Crippen LogP contribution in [0.2, 0.25) is 0 Å². The van der Waals surface area contributed by atoms with Gasteiger partial charge in [0.2, 0.25) is 0 Å². The first-order valence-corrected chi connectivity index (χ1v) is 3.83. The van der Waals surface area contributed by atoms with Gasteiger partial charge < -0.3 is 10.5 Å². The van der Waals surface area contributed by atoms with Crippen molar-refractivity contribution >= 4 is 18.4 Å². The zero-order valence-corrected chi connectivity index (χ0v) is 7.67. The number of nitrogens with one attached hydrogen (secondary N) is 1. The van der Waals surface area contributed by atoms with E-state index in [2.05, 4.69) is 10.4 Å². The minimum atomic E-state index is -0.973. The van der Waals surface area contributed by atoms with E-state index in [4.69, 9.17) is 5.11 Å². The zero-order valence-electron chi connectivity index (χ0n) is 6.86. The molecule has 0 fully saturated rings. The van der Waals surface area contributed by atoms with Crippen molar-refractivity contribution in [3.05, 3.63) is 17.7 Å². The quantitative estimate of drug-likeness (QED) is 0.697. The summed E-state index contributed by atoms with van der Waals surface area (Å²) in [6.45, 7) is 0.877. The minimum Gasteiger partial charge on any atom is -0.476 e. The van der Waals surface area contributed by atoms with Crippen molar-refractivity contribution in [2.75, 3.05) is 12.0 Å². The molecule has 0 saturated heterocycles. The summed E-state index contributed by atoms with van der Waals surface area (Å²) in [6.07, 6.45) is 3.37. The molecule has 0 aliphatic carbocycles. The number of aryl methyl sites for hydroxylation is 1. The number of aromatic carboxylic acids is 1. The maximum atomic E-state index is 10.5. The first-order chi connectivity index (χ1) is 5.77. The summed E-state index contributed by atoms with van der Waals surface area (Å²) >= 11 is 0. The van der Waals surface area contributed by atoms with Gasteiger partial charge in [-0.3, -0.25) is 4.68 Å². The van der Waals surface area contributed by atoms with Crippen LogP contribution in [0.4, 0.5) is 0 Å². The normalized spacial score (nSPS) is 13.8. The lowest BCUT2D eigenvalue weighted by atomic mass is 10.3. The molecule has 1 aromatic rings. The Morgan fingerprint density at radius 3 is 3.08 bits per heavy atom. The molecule has 0 unspecified atom stereocenters. The number of carbonyl (C=O) groups is 1. The first kappa shape index (κ1) is 9.85. The first-order valence-electron chi connectivity index (χ1n) is 3.83. The lowest BCUT2D eigenvalue weighted by molar-refractivity contribution is 0.0691. The summed E-state index contributed by atoms with van der Waals surface area (Å²) in [5, 5.41) is 8.63. The van der Waals surface area contributed by atoms with Crippen LogP contribution >= 0.6 is 12.4 Å². The SMILES string of the molecule is Cl.O=C(O)c1cn2c(n1)CCCN2. The number of halogens is 1. The number of carboxylic acids is 1. The maximum absolute atomic E-state index is 10.5. The number of imidazole rings is 1. The number of aromatic nitrogens is 2. The molecule has 0 atom stereocenters. The van der Waals surface area contributed by atoms with Crippen LogP contribution in [0.25, 0.3) is 0 Å².